The average molecular weight is 609 g/mol. The standard InChI is InChI=1S/C32H36N2O8S/c1-23-13-15-28(16-14-23)43(38,39)42-21-27(34-18-24(2)31(36)33-32(34)37)17-30(41-20-26-11-7-4-8-12-26)29(35)22-40-19-25-9-5-3-6-10-25/h3-16,18,27,29-30,35H,17,19-22H2,1-2H3,(H,33,36,37)/t27-,29-,30+/m1/s1. The minimum Gasteiger partial charge on any atom is -0.388 e. The van der Waals surface area contributed by atoms with Crippen molar-refractivity contribution in [1.82, 2.24) is 9.55 Å². The Morgan fingerprint density at radius 2 is 1.44 bits per heavy atom. The minimum atomic E-state index is -4.18. The number of aromatic amines is 1. The number of H-pyrrole nitrogens is 1. The van der Waals surface area contributed by atoms with Crippen LogP contribution in [0.3, 0.4) is 0 Å². The van der Waals surface area contributed by atoms with Crippen molar-refractivity contribution < 1.29 is 27.2 Å². The summed E-state index contributed by atoms with van der Waals surface area (Å²) in [5.41, 5.74) is 1.62. The van der Waals surface area contributed by atoms with Crippen LogP contribution in [-0.4, -0.2) is 48.5 Å². The number of hydrogen-bond acceptors (Lipinski definition) is 8. The Balaban J connectivity index is 1.58. The molecule has 0 unspecified atom stereocenters. The lowest BCUT2D eigenvalue weighted by molar-refractivity contribution is -0.0897. The maximum absolute atomic E-state index is 13.0. The molecule has 0 saturated heterocycles. The highest BCUT2D eigenvalue weighted by Crippen LogP contribution is 2.22. The highest BCUT2D eigenvalue weighted by Gasteiger charge is 2.29. The van der Waals surface area contributed by atoms with E-state index in [0.717, 1.165) is 16.7 Å². The van der Waals surface area contributed by atoms with Gasteiger partial charge >= 0.3 is 5.69 Å². The molecule has 3 atom stereocenters. The summed E-state index contributed by atoms with van der Waals surface area (Å²) in [6.45, 7) is 3.25. The first-order chi connectivity index (χ1) is 20.6. The second-order valence-electron chi connectivity index (χ2n) is 10.3. The van der Waals surface area contributed by atoms with Crippen LogP contribution in [0.25, 0.3) is 0 Å². The van der Waals surface area contributed by atoms with E-state index in [2.05, 4.69) is 4.98 Å². The summed E-state index contributed by atoms with van der Waals surface area (Å²) in [5, 5.41) is 11.2. The molecule has 0 spiro atoms. The molecule has 0 saturated carbocycles. The highest BCUT2D eigenvalue weighted by molar-refractivity contribution is 7.86. The van der Waals surface area contributed by atoms with Crippen molar-refractivity contribution in [3.8, 4) is 0 Å². The molecule has 0 aliphatic carbocycles. The normalized spacial score (nSPS) is 13.8. The monoisotopic (exact) mass is 608 g/mol. The Kier molecular flexibility index (Phi) is 11.2. The Bertz CT molecular complexity index is 1670. The molecule has 228 valence electrons. The summed E-state index contributed by atoms with van der Waals surface area (Å²) >= 11 is 0. The van der Waals surface area contributed by atoms with Crippen LogP contribution in [0, 0.1) is 13.8 Å². The maximum Gasteiger partial charge on any atom is 0.328 e. The Morgan fingerprint density at radius 1 is 0.837 bits per heavy atom. The van der Waals surface area contributed by atoms with Crippen LogP contribution >= 0.6 is 0 Å². The third-order valence-electron chi connectivity index (χ3n) is 6.91. The molecule has 2 N–H and O–H groups in total. The predicted octanol–water partition coefficient (Wildman–Crippen LogP) is 3.65. The van der Waals surface area contributed by atoms with Crippen LogP contribution in [0.5, 0.6) is 0 Å². The van der Waals surface area contributed by atoms with E-state index >= 15 is 0 Å². The number of aliphatic hydroxyl groups is 1. The first-order valence-corrected chi connectivity index (χ1v) is 15.3. The fourth-order valence-electron chi connectivity index (χ4n) is 4.42. The van der Waals surface area contributed by atoms with E-state index in [4.69, 9.17) is 13.7 Å². The summed E-state index contributed by atoms with van der Waals surface area (Å²) in [6, 6.07) is 24.1. The molecule has 0 aliphatic rings. The van der Waals surface area contributed by atoms with Gasteiger partial charge in [-0.15, -0.1) is 0 Å². The minimum absolute atomic E-state index is 0.0303. The lowest BCUT2D eigenvalue weighted by Crippen LogP contribution is -2.40. The van der Waals surface area contributed by atoms with E-state index in [0.29, 0.717) is 0 Å². The number of hydrogen-bond donors (Lipinski definition) is 2. The smallest absolute Gasteiger partial charge is 0.328 e. The van der Waals surface area contributed by atoms with Crippen molar-refractivity contribution in [2.75, 3.05) is 13.2 Å². The SMILES string of the molecule is Cc1ccc(S(=O)(=O)OC[C@@H](C[C@H](OCc2ccccc2)[C@H](O)COCc2ccccc2)n2cc(C)c(=O)[nH]c2=O)cc1. The van der Waals surface area contributed by atoms with Gasteiger partial charge in [0.1, 0.15) is 6.10 Å². The summed E-state index contributed by atoms with van der Waals surface area (Å²) in [4.78, 5) is 27.2. The fraction of sp³-hybridized carbons (Fsp3) is 0.312. The van der Waals surface area contributed by atoms with Crippen molar-refractivity contribution in [2.45, 2.75) is 56.6 Å². The van der Waals surface area contributed by atoms with Gasteiger partial charge in [0.15, 0.2) is 0 Å². The molecule has 11 heteroatoms. The number of nitrogens with one attached hydrogen (secondary N) is 1. The summed E-state index contributed by atoms with van der Waals surface area (Å²) in [7, 11) is -4.18. The zero-order chi connectivity index (χ0) is 30.8. The molecule has 0 bridgehead atoms. The Hall–Kier alpha value is -3.87. The number of nitrogens with zero attached hydrogens (tertiary/aromatic N) is 1. The van der Waals surface area contributed by atoms with E-state index in [1.54, 1.807) is 12.1 Å². The van der Waals surface area contributed by atoms with Gasteiger partial charge in [0.25, 0.3) is 15.7 Å². The van der Waals surface area contributed by atoms with Gasteiger partial charge < -0.3 is 14.6 Å². The molecule has 0 radical (unpaired) electrons. The topological polar surface area (TPSA) is 137 Å². The van der Waals surface area contributed by atoms with Crippen molar-refractivity contribution in [1.29, 1.82) is 0 Å². The first kappa shape index (κ1) is 32.1. The van der Waals surface area contributed by atoms with Crippen LogP contribution < -0.4 is 11.2 Å². The molecule has 4 aromatic rings. The van der Waals surface area contributed by atoms with Crippen molar-refractivity contribution in [2.24, 2.45) is 0 Å². The highest BCUT2D eigenvalue weighted by atomic mass is 32.2. The lowest BCUT2D eigenvalue weighted by atomic mass is 10.0. The van der Waals surface area contributed by atoms with Gasteiger partial charge in [-0.3, -0.25) is 18.5 Å². The third kappa shape index (κ3) is 9.31. The van der Waals surface area contributed by atoms with Crippen LogP contribution in [-0.2, 0) is 37.0 Å². The van der Waals surface area contributed by atoms with E-state index < -0.39 is 46.2 Å². The van der Waals surface area contributed by atoms with Gasteiger partial charge in [-0.05, 0) is 43.5 Å². The van der Waals surface area contributed by atoms with Gasteiger partial charge in [-0.2, -0.15) is 8.42 Å². The Morgan fingerprint density at radius 3 is 2.07 bits per heavy atom. The van der Waals surface area contributed by atoms with E-state index in [1.807, 2.05) is 67.6 Å². The molecule has 0 fully saturated rings. The molecule has 3 aromatic carbocycles. The van der Waals surface area contributed by atoms with Crippen molar-refractivity contribution >= 4 is 10.1 Å². The van der Waals surface area contributed by atoms with Crippen LogP contribution in [0.15, 0.2) is 106 Å². The zero-order valence-electron chi connectivity index (χ0n) is 24.1. The third-order valence-corrected chi connectivity index (χ3v) is 8.20. The van der Waals surface area contributed by atoms with Gasteiger partial charge in [0.05, 0.1) is 43.5 Å². The van der Waals surface area contributed by atoms with Crippen molar-refractivity contribution in [3.05, 3.63) is 134 Å². The number of aryl methyl sites for hydroxylation is 2. The first-order valence-electron chi connectivity index (χ1n) is 13.9. The van der Waals surface area contributed by atoms with Crippen molar-refractivity contribution in [3.63, 3.8) is 0 Å². The molecule has 1 aromatic heterocycles. The molecular weight excluding hydrogens is 572 g/mol. The van der Waals surface area contributed by atoms with Gasteiger partial charge in [0, 0.05) is 11.8 Å². The molecule has 4 rings (SSSR count). The molecular formula is C32H36N2O8S. The average Bonchev–Trinajstić information content (AvgIpc) is 3.00. The quantitative estimate of drug-likeness (QED) is 0.195. The van der Waals surface area contributed by atoms with Gasteiger partial charge in [-0.25, -0.2) is 4.79 Å². The number of benzene rings is 3. The molecule has 0 amide bonds. The number of ether oxygens (including phenoxy) is 2. The van der Waals surface area contributed by atoms with E-state index in [-0.39, 0.29) is 36.7 Å². The number of aromatic nitrogens is 2. The van der Waals surface area contributed by atoms with Crippen LogP contribution in [0.1, 0.15) is 34.7 Å². The zero-order valence-corrected chi connectivity index (χ0v) is 24.9. The summed E-state index contributed by atoms with van der Waals surface area (Å²) in [5.74, 6) is 0. The second-order valence-corrected chi connectivity index (χ2v) is 11.9. The fourth-order valence-corrected chi connectivity index (χ4v) is 5.36. The second kappa shape index (κ2) is 15.0. The lowest BCUT2D eigenvalue weighted by Gasteiger charge is -2.28. The predicted molar refractivity (Wildman–Crippen MR) is 161 cm³/mol. The molecule has 1 heterocycles. The molecule has 0 aliphatic heterocycles. The molecule has 43 heavy (non-hydrogen) atoms. The van der Waals surface area contributed by atoms with Gasteiger partial charge in [0.2, 0.25) is 0 Å². The number of rotatable bonds is 15. The van der Waals surface area contributed by atoms with E-state index in [9.17, 15) is 23.1 Å². The summed E-state index contributed by atoms with van der Waals surface area (Å²) < 4.78 is 44.6. The largest absolute Gasteiger partial charge is 0.388 e. The van der Waals surface area contributed by atoms with Crippen LogP contribution in [0.4, 0.5) is 0 Å². The maximum atomic E-state index is 13.0. The number of aliphatic hydroxyl groups excluding tert-OH is 1. The Labute approximate surface area is 250 Å². The van der Waals surface area contributed by atoms with Gasteiger partial charge in [-0.1, -0.05) is 78.4 Å². The van der Waals surface area contributed by atoms with E-state index in [1.165, 1.54) is 29.8 Å². The molecule has 10 nitrogen and oxygen atoms in total. The van der Waals surface area contributed by atoms with Crippen LogP contribution in [0.2, 0.25) is 0 Å². The summed E-state index contributed by atoms with van der Waals surface area (Å²) in [6.07, 6.45) is -0.716.